The molecule has 0 radical (unpaired) electrons. The van der Waals surface area contributed by atoms with Crippen LogP contribution in [0.2, 0.25) is 0 Å². The molecular formula is C5H5Cl2NO. The number of allylic oxidation sites excluding steroid dienone is 1. The first-order valence-electron chi connectivity index (χ1n) is 2.30. The molecule has 0 N–H and O–H groups in total. The Bertz CT molecular complexity index is 155. The Labute approximate surface area is 63.6 Å². The van der Waals surface area contributed by atoms with Crippen LogP contribution in [0.3, 0.4) is 0 Å². The summed E-state index contributed by atoms with van der Waals surface area (Å²) >= 11 is 10.4. The van der Waals surface area contributed by atoms with Crippen molar-refractivity contribution in [1.29, 1.82) is 5.26 Å². The van der Waals surface area contributed by atoms with E-state index >= 15 is 0 Å². The van der Waals surface area contributed by atoms with Gasteiger partial charge in [0.1, 0.15) is 6.07 Å². The molecule has 0 saturated heterocycles. The van der Waals surface area contributed by atoms with Crippen molar-refractivity contribution < 1.29 is 4.74 Å². The third-order valence-corrected chi connectivity index (χ3v) is 0.905. The number of halogens is 2. The van der Waals surface area contributed by atoms with Crippen LogP contribution in [-0.2, 0) is 4.74 Å². The third kappa shape index (κ3) is 3.23. The molecule has 0 spiro atoms. The maximum absolute atomic E-state index is 8.23. The fraction of sp³-hybridized carbons (Fsp3) is 0.400. The lowest BCUT2D eigenvalue weighted by Crippen LogP contribution is -1.87. The number of nitrogens with zero attached hydrogens (tertiary/aromatic N) is 1. The van der Waals surface area contributed by atoms with Gasteiger partial charge in [-0.1, -0.05) is 23.2 Å². The molecule has 0 aliphatic rings. The quantitative estimate of drug-likeness (QED) is 0.465. The Morgan fingerprint density at radius 1 is 1.67 bits per heavy atom. The lowest BCUT2D eigenvalue weighted by Gasteiger charge is -1.96. The molecule has 0 aliphatic heterocycles. The lowest BCUT2D eigenvalue weighted by atomic mass is 10.6. The molecule has 50 valence electrons. The monoisotopic (exact) mass is 165 g/mol. The van der Waals surface area contributed by atoms with Gasteiger partial charge in [0.05, 0.1) is 6.61 Å². The van der Waals surface area contributed by atoms with Crippen molar-refractivity contribution in [2.75, 3.05) is 6.61 Å². The fourth-order valence-electron chi connectivity index (χ4n) is 0.273. The standard InChI is InChI=1S/C5H5Cl2NO/c1-2-9-4(3-8)5(6)7/h2H2,1H3. The summed E-state index contributed by atoms with van der Waals surface area (Å²) in [4.78, 5) is 0. The van der Waals surface area contributed by atoms with Crippen LogP contribution in [0.4, 0.5) is 0 Å². The van der Waals surface area contributed by atoms with Crippen LogP contribution in [0.1, 0.15) is 6.92 Å². The number of ether oxygens (including phenoxy) is 1. The molecule has 0 aromatic heterocycles. The molecule has 0 fully saturated rings. The van der Waals surface area contributed by atoms with E-state index in [-0.39, 0.29) is 10.3 Å². The second-order valence-electron chi connectivity index (χ2n) is 1.13. The Morgan fingerprint density at radius 3 is 2.33 bits per heavy atom. The zero-order valence-electron chi connectivity index (χ0n) is 4.82. The Morgan fingerprint density at radius 2 is 2.22 bits per heavy atom. The third-order valence-electron chi connectivity index (χ3n) is 0.562. The minimum atomic E-state index is -0.126. The largest absolute Gasteiger partial charge is 0.482 e. The molecular weight excluding hydrogens is 161 g/mol. The molecule has 4 heteroatoms. The molecule has 0 amide bonds. The molecule has 0 rings (SSSR count). The van der Waals surface area contributed by atoms with Gasteiger partial charge in [-0.05, 0) is 6.92 Å². The summed E-state index contributed by atoms with van der Waals surface area (Å²) in [5, 5.41) is 8.23. The van der Waals surface area contributed by atoms with Crippen molar-refractivity contribution in [3.8, 4) is 6.07 Å². The van der Waals surface area contributed by atoms with Gasteiger partial charge in [-0.25, -0.2) is 0 Å². The second-order valence-corrected chi connectivity index (χ2v) is 2.08. The van der Waals surface area contributed by atoms with Crippen LogP contribution >= 0.6 is 23.2 Å². The van der Waals surface area contributed by atoms with Crippen molar-refractivity contribution >= 4 is 23.2 Å². The Kier molecular flexibility index (Phi) is 4.29. The van der Waals surface area contributed by atoms with E-state index in [1.807, 2.05) is 0 Å². The maximum Gasteiger partial charge on any atom is 0.227 e. The number of rotatable bonds is 2. The van der Waals surface area contributed by atoms with Crippen molar-refractivity contribution in [1.82, 2.24) is 0 Å². The summed E-state index contributed by atoms with van der Waals surface area (Å²) in [7, 11) is 0. The number of nitriles is 1. The van der Waals surface area contributed by atoms with Crippen LogP contribution in [-0.4, -0.2) is 6.61 Å². The minimum Gasteiger partial charge on any atom is -0.482 e. The molecule has 0 saturated carbocycles. The van der Waals surface area contributed by atoms with Gasteiger partial charge in [-0.3, -0.25) is 0 Å². The topological polar surface area (TPSA) is 33.0 Å². The molecule has 2 nitrogen and oxygen atoms in total. The van der Waals surface area contributed by atoms with Gasteiger partial charge < -0.3 is 4.74 Å². The van der Waals surface area contributed by atoms with Gasteiger partial charge >= 0.3 is 0 Å². The van der Waals surface area contributed by atoms with E-state index in [0.717, 1.165) is 0 Å². The van der Waals surface area contributed by atoms with E-state index in [1.54, 1.807) is 13.0 Å². The first-order valence-corrected chi connectivity index (χ1v) is 3.06. The van der Waals surface area contributed by atoms with E-state index in [1.165, 1.54) is 0 Å². The van der Waals surface area contributed by atoms with Gasteiger partial charge in [0.15, 0.2) is 4.49 Å². The van der Waals surface area contributed by atoms with E-state index < -0.39 is 0 Å². The summed E-state index contributed by atoms with van der Waals surface area (Å²) in [5.74, 6) is -0.0270. The highest BCUT2D eigenvalue weighted by Gasteiger charge is 1.99. The average molecular weight is 166 g/mol. The first kappa shape index (κ1) is 8.61. The normalized spacial score (nSPS) is 7.78. The minimum absolute atomic E-state index is 0.0270. The highest BCUT2D eigenvalue weighted by molar-refractivity contribution is 6.56. The second kappa shape index (κ2) is 4.49. The maximum atomic E-state index is 8.23. The molecule has 0 aliphatic carbocycles. The molecule has 0 atom stereocenters. The zero-order valence-corrected chi connectivity index (χ0v) is 6.33. The predicted molar refractivity (Wildman–Crippen MR) is 36.0 cm³/mol. The summed E-state index contributed by atoms with van der Waals surface area (Å²) in [6.07, 6.45) is 0. The van der Waals surface area contributed by atoms with E-state index in [4.69, 9.17) is 33.2 Å². The van der Waals surface area contributed by atoms with Gasteiger partial charge in [-0.15, -0.1) is 0 Å². The summed E-state index contributed by atoms with van der Waals surface area (Å²) in [6.45, 7) is 2.14. The van der Waals surface area contributed by atoms with Gasteiger partial charge in [0.2, 0.25) is 5.76 Å². The molecule has 9 heavy (non-hydrogen) atoms. The smallest absolute Gasteiger partial charge is 0.227 e. The molecule has 0 aromatic rings. The highest BCUT2D eigenvalue weighted by Crippen LogP contribution is 2.13. The van der Waals surface area contributed by atoms with Crippen LogP contribution in [0, 0.1) is 11.3 Å². The Hall–Kier alpha value is -0.390. The SMILES string of the molecule is CCOC(C#N)=C(Cl)Cl. The molecule has 0 bridgehead atoms. The highest BCUT2D eigenvalue weighted by atomic mass is 35.5. The van der Waals surface area contributed by atoms with Crippen LogP contribution in [0.15, 0.2) is 10.3 Å². The summed E-state index contributed by atoms with van der Waals surface area (Å²) in [5.41, 5.74) is 0. The zero-order chi connectivity index (χ0) is 7.28. The fourth-order valence-corrected chi connectivity index (χ4v) is 0.467. The first-order chi connectivity index (χ1) is 4.22. The number of hydrogen-bond donors (Lipinski definition) is 0. The predicted octanol–water partition coefficient (Wildman–Crippen LogP) is 2.19. The van der Waals surface area contributed by atoms with Crippen molar-refractivity contribution in [3.63, 3.8) is 0 Å². The van der Waals surface area contributed by atoms with Crippen LogP contribution in [0.5, 0.6) is 0 Å². The van der Waals surface area contributed by atoms with Crippen LogP contribution < -0.4 is 0 Å². The number of hydrogen-bond acceptors (Lipinski definition) is 2. The van der Waals surface area contributed by atoms with Crippen molar-refractivity contribution in [2.24, 2.45) is 0 Å². The van der Waals surface area contributed by atoms with Crippen molar-refractivity contribution in [2.45, 2.75) is 6.92 Å². The summed E-state index contributed by atoms with van der Waals surface area (Å²) in [6, 6.07) is 1.70. The molecule has 0 aromatic carbocycles. The van der Waals surface area contributed by atoms with E-state index in [0.29, 0.717) is 6.61 Å². The molecule has 0 heterocycles. The molecule has 0 unspecified atom stereocenters. The average Bonchev–Trinajstić information content (AvgIpc) is 1.82. The summed E-state index contributed by atoms with van der Waals surface area (Å²) < 4.78 is 4.58. The van der Waals surface area contributed by atoms with Crippen molar-refractivity contribution in [3.05, 3.63) is 10.3 Å². The lowest BCUT2D eigenvalue weighted by molar-refractivity contribution is 0.245. The van der Waals surface area contributed by atoms with Gasteiger partial charge in [0.25, 0.3) is 0 Å². The van der Waals surface area contributed by atoms with E-state index in [9.17, 15) is 0 Å². The van der Waals surface area contributed by atoms with Crippen LogP contribution in [0.25, 0.3) is 0 Å². The Balaban J connectivity index is 4.04. The van der Waals surface area contributed by atoms with Gasteiger partial charge in [0, 0.05) is 0 Å². The van der Waals surface area contributed by atoms with Gasteiger partial charge in [-0.2, -0.15) is 5.26 Å². The van der Waals surface area contributed by atoms with E-state index in [2.05, 4.69) is 0 Å².